The number of halogens is 3. The minimum Gasteiger partial charge on any atom is -0.439 e. The van der Waals surface area contributed by atoms with Gasteiger partial charge in [-0.05, 0) is 18.2 Å². The number of benzene rings is 1. The number of aromatic nitrogens is 1. The molecule has 0 saturated carbocycles. The van der Waals surface area contributed by atoms with E-state index >= 15 is 0 Å². The Morgan fingerprint density at radius 2 is 2.16 bits per heavy atom. The van der Waals surface area contributed by atoms with Crippen molar-refractivity contribution in [3.05, 3.63) is 29.7 Å². The van der Waals surface area contributed by atoms with E-state index in [0.717, 1.165) is 12.1 Å². The van der Waals surface area contributed by atoms with E-state index in [-0.39, 0.29) is 11.6 Å². The quantitative estimate of drug-likeness (QED) is 0.866. The Bertz CT molecular complexity index is 588. The van der Waals surface area contributed by atoms with Gasteiger partial charge in [0.1, 0.15) is 11.6 Å². The lowest BCUT2D eigenvalue weighted by atomic mass is 10.2. The highest BCUT2D eigenvalue weighted by atomic mass is 19.4. The predicted molar refractivity (Wildman–Crippen MR) is 60.6 cm³/mol. The summed E-state index contributed by atoms with van der Waals surface area (Å²) in [5, 5.41) is 3.14. The van der Waals surface area contributed by atoms with Gasteiger partial charge in [-0.15, -0.1) is 0 Å². The Morgan fingerprint density at radius 3 is 2.84 bits per heavy atom. The van der Waals surface area contributed by atoms with Crippen LogP contribution in [0.3, 0.4) is 0 Å². The normalized spacial score (nSPS) is 20.9. The molecule has 1 aromatic heterocycles. The summed E-state index contributed by atoms with van der Waals surface area (Å²) in [6, 6.07) is 3.06. The molecule has 1 aromatic carbocycles. The van der Waals surface area contributed by atoms with Crippen LogP contribution in [0.4, 0.5) is 13.2 Å². The van der Waals surface area contributed by atoms with E-state index in [1.165, 1.54) is 6.07 Å². The van der Waals surface area contributed by atoms with Crippen LogP contribution in [0.1, 0.15) is 17.5 Å². The molecular weight excluding hydrogens is 261 g/mol. The summed E-state index contributed by atoms with van der Waals surface area (Å²) in [6.45, 7) is 1.67. The molecule has 1 saturated heterocycles. The van der Waals surface area contributed by atoms with Gasteiger partial charge in [0, 0.05) is 6.54 Å². The second kappa shape index (κ2) is 4.50. The number of alkyl halides is 3. The number of nitrogens with zero attached hydrogens (tertiary/aromatic N) is 1. The highest BCUT2D eigenvalue weighted by Crippen LogP contribution is 2.32. The minimum absolute atomic E-state index is 0.206. The molecule has 1 N–H and O–H groups in total. The van der Waals surface area contributed by atoms with Crippen molar-refractivity contribution in [3.8, 4) is 0 Å². The van der Waals surface area contributed by atoms with Gasteiger partial charge in [-0.2, -0.15) is 13.2 Å². The van der Waals surface area contributed by atoms with Crippen LogP contribution in [0.25, 0.3) is 11.1 Å². The first-order valence-corrected chi connectivity index (χ1v) is 5.83. The van der Waals surface area contributed by atoms with Crippen molar-refractivity contribution in [2.75, 3.05) is 19.8 Å². The number of rotatable bonds is 1. The van der Waals surface area contributed by atoms with Crippen molar-refractivity contribution >= 4 is 11.1 Å². The summed E-state index contributed by atoms with van der Waals surface area (Å²) in [6.07, 6.45) is -4.38. The zero-order valence-corrected chi connectivity index (χ0v) is 9.83. The Hall–Kier alpha value is -1.60. The minimum atomic E-state index is -4.38. The van der Waals surface area contributed by atoms with Crippen molar-refractivity contribution in [2.24, 2.45) is 0 Å². The summed E-state index contributed by atoms with van der Waals surface area (Å²) in [4.78, 5) is 4.10. The summed E-state index contributed by atoms with van der Waals surface area (Å²) in [5.74, 6) is 0.356. The molecule has 2 aromatic rings. The van der Waals surface area contributed by atoms with Crippen molar-refractivity contribution in [3.63, 3.8) is 0 Å². The van der Waals surface area contributed by atoms with E-state index in [4.69, 9.17) is 9.15 Å². The summed E-state index contributed by atoms with van der Waals surface area (Å²) >= 11 is 0. The summed E-state index contributed by atoms with van der Waals surface area (Å²) in [5.41, 5.74) is -0.180. The second-order valence-electron chi connectivity index (χ2n) is 4.31. The van der Waals surface area contributed by atoms with E-state index in [1.807, 2.05) is 0 Å². The van der Waals surface area contributed by atoms with Crippen LogP contribution in [0.5, 0.6) is 0 Å². The fourth-order valence-corrected chi connectivity index (χ4v) is 1.99. The Labute approximate surface area is 106 Å². The van der Waals surface area contributed by atoms with Crippen LogP contribution in [-0.2, 0) is 10.9 Å². The van der Waals surface area contributed by atoms with Gasteiger partial charge in [0.05, 0.1) is 18.8 Å². The highest BCUT2D eigenvalue weighted by molar-refractivity contribution is 5.73. The number of nitrogens with one attached hydrogen (secondary N) is 1. The molecule has 0 spiro atoms. The van der Waals surface area contributed by atoms with Gasteiger partial charge in [-0.1, -0.05) is 0 Å². The zero-order valence-electron chi connectivity index (χ0n) is 9.83. The zero-order chi connectivity index (χ0) is 13.5. The van der Waals surface area contributed by atoms with Crippen LogP contribution in [0.2, 0.25) is 0 Å². The monoisotopic (exact) mass is 272 g/mol. The first-order chi connectivity index (χ1) is 9.04. The average molecular weight is 272 g/mol. The number of morpholine rings is 1. The van der Waals surface area contributed by atoms with Crippen LogP contribution >= 0.6 is 0 Å². The molecule has 0 bridgehead atoms. The molecule has 1 aliphatic heterocycles. The van der Waals surface area contributed by atoms with E-state index in [9.17, 15) is 13.2 Å². The molecule has 1 unspecified atom stereocenters. The average Bonchev–Trinajstić information content (AvgIpc) is 2.81. The Morgan fingerprint density at radius 1 is 1.32 bits per heavy atom. The number of oxazole rings is 1. The molecule has 2 heterocycles. The van der Waals surface area contributed by atoms with Gasteiger partial charge in [0.15, 0.2) is 5.58 Å². The van der Waals surface area contributed by atoms with Crippen molar-refractivity contribution in [1.82, 2.24) is 10.3 Å². The van der Waals surface area contributed by atoms with Crippen molar-refractivity contribution < 1.29 is 22.3 Å². The Kier molecular flexibility index (Phi) is 2.94. The molecule has 1 aliphatic rings. The van der Waals surface area contributed by atoms with Crippen LogP contribution in [0.15, 0.2) is 22.6 Å². The molecule has 0 amide bonds. The summed E-state index contributed by atoms with van der Waals surface area (Å²) in [7, 11) is 0. The highest BCUT2D eigenvalue weighted by Gasteiger charge is 2.31. The fourth-order valence-electron chi connectivity index (χ4n) is 1.99. The number of ether oxygens (including phenoxy) is 1. The molecular formula is C12H11F3N2O2. The number of hydrogen-bond acceptors (Lipinski definition) is 4. The van der Waals surface area contributed by atoms with Gasteiger partial charge < -0.3 is 14.5 Å². The molecule has 1 atom stereocenters. The van der Waals surface area contributed by atoms with Gasteiger partial charge in [0.25, 0.3) is 0 Å². The first-order valence-electron chi connectivity index (χ1n) is 5.83. The molecule has 7 heteroatoms. The topological polar surface area (TPSA) is 47.3 Å². The Balaban J connectivity index is 1.96. The largest absolute Gasteiger partial charge is 0.439 e. The molecule has 0 radical (unpaired) electrons. The number of fused-ring (bicyclic) bond motifs is 1. The molecule has 0 aliphatic carbocycles. The third-order valence-electron chi connectivity index (χ3n) is 2.95. The number of hydrogen-bond donors (Lipinski definition) is 1. The lowest BCUT2D eigenvalue weighted by molar-refractivity contribution is -0.137. The lowest BCUT2D eigenvalue weighted by Gasteiger charge is -2.20. The van der Waals surface area contributed by atoms with E-state index in [2.05, 4.69) is 10.3 Å². The maximum Gasteiger partial charge on any atom is 0.416 e. The molecule has 19 heavy (non-hydrogen) atoms. The van der Waals surface area contributed by atoms with Crippen LogP contribution in [0, 0.1) is 0 Å². The van der Waals surface area contributed by atoms with E-state index in [1.54, 1.807) is 0 Å². The molecule has 4 nitrogen and oxygen atoms in total. The molecule has 102 valence electrons. The smallest absolute Gasteiger partial charge is 0.416 e. The second-order valence-corrected chi connectivity index (χ2v) is 4.31. The third kappa shape index (κ3) is 2.43. The predicted octanol–water partition coefficient (Wildman–Crippen LogP) is 2.51. The van der Waals surface area contributed by atoms with Crippen LogP contribution in [-0.4, -0.2) is 24.7 Å². The van der Waals surface area contributed by atoms with Crippen molar-refractivity contribution in [2.45, 2.75) is 12.2 Å². The van der Waals surface area contributed by atoms with Gasteiger partial charge >= 0.3 is 6.18 Å². The molecule has 1 fully saturated rings. The SMILES string of the molecule is FC(F)(F)c1ccc2oc(C3COCCN3)nc2c1. The van der Waals surface area contributed by atoms with Crippen molar-refractivity contribution in [1.29, 1.82) is 0 Å². The standard InChI is InChI=1S/C12H11F3N2O2/c13-12(14,15)7-1-2-10-8(5-7)17-11(19-10)9-6-18-4-3-16-9/h1-2,5,9,16H,3-4,6H2. The molecule has 3 rings (SSSR count). The van der Waals surface area contributed by atoms with Crippen LogP contribution < -0.4 is 5.32 Å². The fraction of sp³-hybridized carbons (Fsp3) is 0.417. The first kappa shape index (κ1) is 12.4. The third-order valence-corrected chi connectivity index (χ3v) is 2.95. The van der Waals surface area contributed by atoms with Gasteiger partial charge in [-0.25, -0.2) is 4.98 Å². The van der Waals surface area contributed by atoms with Gasteiger partial charge in [0.2, 0.25) is 5.89 Å². The van der Waals surface area contributed by atoms with E-state index < -0.39 is 11.7 Å². The van der Waals surface area contributed by atoms with Gasteiger partial charge in [-0.3, -0.25) is 0 Å². The summed E-state index contributed by atoms with van der Waals surface area (Å²) < 4.78 is 48.5. The lowest BCUT2D eigenvalue weighted by Crippen LogP contribution is -2.34. The maximum atomic E-state index is 12.6. The maximum absolute atomic E-state index is 12.6. The van der Waals surface area contributed by atoms with E-state index in [0.29, 0.717) is 31.2 Å².